The Morgan fingerprint density at radius 2 is 1.82 bits per heavy atom. The van der Waals surface area contributed by atoms with Crippen molar-refractivity contribution in [2.45, 2.75) is 51.7 Å². The van der Waals surface area contributed by atoms with Gasteiger partial charge in [-0.2, -0.15) is 0 Å². The van der Waals surface area contributed by atoms with E-state index in [4.69, 9.17) is 9.47 Å². The maximum Gasteiger partial charge on any atom is 0.306 e. The number of nitrogens with zero attached hydrogens (tertiary/aromatic N) is 2. The second kappa shape index (κ2) is 13.7. The molecule has 0 radical (unpaired) electrons. The topological polar surface area (TPSA) is 146 Å². The highest BCUT2D eigenvalue weighted by atomic mass is 32.2. The molecule has 0 saturated carbocycles. The fraction of sp³-hybridized carbons (Fsp3) is 0.407. The summed E-state index contributed by atoms with van der Waals surface area (Å²) in [6.45, 7) is 5.79. The molecule has 0 aliphatic carbocycles. The first-order valence-electron chi connectivity index (χ1n) is 12.6. The molecular weight excluding hydrogens is 556 g/mol. The largest absolute Gasteiger partial charge is 0.460 e. The second-order valence-corrected chi connectivity index (χ2v) is 12.7. The number of amides is 2. The monoisotopic (exact) mass is 590 g/mol. The molecule has 2 aromatic heterocycles. The Hall–Kier alpha value is -3.55. The van der Waals surface area contributed by atoms with Gasteiger partial charge in [0.15, 0.2) is 5.13 Å². The van der Waals surface area contributed by atoms with Crippen molar-refractivity contribution in [3.63, 3.8) is 0 Å². The van der Waals surface area contributed by atoms with Crippen LogP contribution in [0.3, 0.4) is 0 Å². The molecule has 216 valence electrons. The summed E-state index contributed by atoms with van der Waals surface area (Å²) in [5, 5.41) is 7.58. The van der Waals surface area contributed by atoms with Crippen molar-refractivity contribution >= 4 is 44.3 Å². The van der Waals surface area contributed by atoms with Gasteiger partial charge in [-0.25, -0.2) is 13.4 Å². The number of hydrogen-bond acceptors (Lipinski definition) is 9. The number of aromatic nitrogens is 2. The predicted molar refractivity (Wildman–Crippen MR) is 153 cm³/mol. The molecule has 0 aliphatic rings. The van der Waals surface area contributed by atoms with E-state index in [1.165, 1.54) is 29.8 Å². The van der Waals surface area contributed by atoms with Crippen LogP contribution in [-0.4, -0.2) is 66.3 Å². The minimum absolute atomic E-state index is 0.0853. The molecule has 2 heterocycles. The van der Waals surface area contributed by atoms with Crippen LogP contribution in [0.25, 0.3) is 11.3 Å². The third-order valence-corrected chi connectivity index (χ3v) is 7.13. The molecule has 3 aromatic rings. The van der Waals surface area contributed by atoms with Gasteiger partial charge in [-0.05, 0) is 39.7 Å². The lowest BCUT2D eigenvalue weighted by molar-refractivity contribution is -0.155. The lowest BCUT2D eigenvalue weighted by Crippen LogP contribution is -2.44. The molecule has 40 heavy (non-hydrogen) atoms. The highest BCUT2D eigenvalue weighted by Crippen LogP contribution is 2.24. The van der Waals surface area contributed by atoms with Crippen molar-refractivity contribution in [3.05, 3.63) is 59.7 Å². The normalized spacial score (nSPS) is 12.5. The van der Waals surface area contributed by atoms with E-state index < -0.39 is 33.5 Å². The molecule has 1 atom stereocenters. The van der Waals surface area contributed by atoms with Gasteiger partial charge in [0.05, 0.1) is 17.5 Å². The fourth-order valence-electron chi connectivity index (χ4n) is 3.51. The third kappa shape index (κ3) is 9.88. The van der Waals surface area contributed by atoms with Crippen molar-refractivity contribution in [3.8, 4) is 11.3 Å². The second-order valence-electron chi connectivity index (χ2n) is 10.0. The minimum Gasteiger partial charge on any atom is -0.460 e. The van der Waals surface area contributed by atoms with Gasteiger partial charge in [0.1, 0.15) is 11.6 Å². The first kappa shape index (κ1) is 31.0. The van der Waals surface area contributed by atoms with E-state index in [9.17, 15) is 22.8 Å². The van der Waals surface area contributed by atoms with Crippen LogP contribution in [0.1, 0.15) is 50.4 Å². The van der Waals surface area contributed by atoms with E-state index in [0.717, 1.165) is 15.8 Å². The summed E-state index contributed by atoms with van der Waals surface area (Å²) in [6, 6.07) is 9.86. The first-order chi connectivity index (χ1) is 18.8. The van der Waals surface area contributed by atoms with Crippen molar-refractivity contribution in [2.24, 2.45) is 0 Å². The van der Waals surface area contributed by atoms with Crippen molar-refractivity contribution in [1.29, 1.82) is 0 Å². The molecule has 0 spiro atoms. The molecule has 0 aliphatic heterocycles. The maximum absolute atomic E-state index is 13.2. The molecule has 11 nitrogen and oxygen atoms in total. The number of ether oxygens (including phenoxy) is 2. The average Bonchev–Trinajstić information content (AvgIpc) is 3.55. The van der Waals surface area contributed by atoms with Crippen LogP contribution in [0.5, 0.6) is 0 Å². The minimum atomic E-state index is -3.56. The van der Waals surface area contributed by atoms with Crippen LogP contribution in [0.4, 0.5) is 5.13 Å². The number of carbonyl (C=O) groups is 3. The molecule has 2 amide bonds. The molecule has 3 rings (SSSR count). The van der Waals surface area contributed by atoms with Crippen LogP contribution in [0, 0.1) is 0 Å². The Morgan fingerprint density at radius 1 is 1.10 bits per heavy atom. The summed E-state index contributed by atoms with van der Waals surface area (Å²) >= 11 is 1.25. The zero-order valence-electron chi connectivity index (χ0n) is 22.9. The predicted octanol–water partition coefficient (Wildman–Crippen LogP) is 3.69. The molecule has 0 fully saturated rings. The van der Waals surface area contributed by atoms with E-state index in [-0.39, 0.29) is 37.6 Å². The van der Waals surface area contributed by atoms with Gasteiger partial charge in [0.25, 0.3) is 5.91 Å². The summed E-state index contributed by atoms with van der Waals surface area (Å²) in [5.74, 6) is -1.43. The lowest BCUT2D eigenvalue weighted by atomic mass is 10.2. The number of nitrogens with one attached hydrogen (secondary N) is 2. The molecule has 0 saturated heterocycles. The van der Waals surface area contributed by atoms with Crippen LogP contribution in [0.15, 0.2) is 54.2 Å². The Morgan fingerprint density at radius 3 is 2.48 bits per heavy atom. The summed E-state index contributed by atoms with van der Waals surface area (Å²) in [7, 11) is -3.56. The number of benzene rings is 1. The summed E-state index contributed by atoms with van der Waals surface area (Å²) in [6.07, 6.45) is 4.23. The highest BCUT2D eigenvalue weighted by molar-refractivity contribution is 7.89. The van der Waals surface area contributed by atoms with Gasteiger partial charge in [0.2, 0.25) is 15.9 Å². The molecular formula is C27H34N4O7S2. The number of esters is 1. The highest BCUT2D eigenvalue weighted by Gasteiger charge is 2.24. The van der Waals surface area contributed by atoms with Gasteiger partial charge in [-0.1, -0.05) is 30.3 Å². The molecule has 1 aromatic carbocycles. The van der Waals surface area contributed by atoms with Crippen molar-refractivity contribution in [1.82, 2.24) is 14.3 Å². The van der Waals surface area contributed by atoms with Crippen LogP contribution < -0.4 is 10.6 Å². The Bertz CT molecular complexity index is 1410. The van der Waals surface area contributed by atoms with Crippen LogP contribution in [-0.2, 0) is 29.1 Å². The average molecular weight is 591 g/mol. The Kier molecular flexibility index (Phi) is 10.6. The zero-order chi connectivity index (χ0) is 29.3. The number of rotatable bonds is 13. The number of anilines is 1. The third-order valence-electron chi connectivity index (χ3n) is 5.38. The number of carbonyl (C=O) groups excluding carboxylic acids is 3. The summed E-state index contributed by atoms with van der Waals surface area (Å²) in [5.41, 5.74) is 1.14. The quantitative estimate of drug-likeness (QED) is 0.226. The maximum atomic E-state index is 13.2. The standard InChI is InChI=1S/C27H34N4O7S2/c1-27(2,3)38-23(32)11-8-15-37-16-13-21(28-24(33)20-12-14-31(17-20)40(4,35)36)25(34)30-26-29-22(18-39-26)19-9-6-5-7-10-19/h5-7,9-10,12,14,17-18,21H,8,11,13,15-16H2,1-4H3,(H,28,33)(H,29,30,34). The van der Waals surface area contributed by atoms with E-state index in [0.29, 0.717) is 17.2 Å². The molecule has 2 N–H and O–H groups in total. The Balaban J connectivity index is 1.61. The van der Waals surface area contributed by atoms with Crippen molar-refractivity contribution in [2.75, 3.05) is 24.8 Å². The van der Waals surface area contributed by atoms with Crippen LogP contribution >= 0.6 is 11.3 Å². The number of hydrogen-bond donors (Lipinski definition) is 2. The van der Waals surface area contributed by atoms with Gasteiger partial charge in [-0.15, -0.1) is 11.3 Å². The molecule has 1 unspecified atom stereocenters. The molecule has 0 bridgehead atoms. The summed E-state index contributed by atoms with van der Waals surface area (Å²) in [4.78, 5) is 42.3. The SMILES string of the molecule is CC(C)(C)OC(=O)CCCOCCC(NC(=O)c1ccn(S(C)(=O)=O)c1)C(=O)Nc1nc(-c2ccccc2)cs1. The molecule has 13 heteroatoms. The van der Waals surface area contributed by atoms with Crippen molar-refractivity contribution < 1.29 is 32.3 Å². The smallest absolute Gasteiger partial charge is 0.306 e. The van der Waals surface area contributed by atoms with E-state index in [1.807, 2.05) is 35.7 Å². The van der Waals surface area contributed by atoms with Gasteiger partial charge in [-0.3, -0.25) is 18.4 Å². The van der Waals surface area contributed by atoms with E-state index >= 15 is 0 Å². The van der Waals surface area contributed by atoms with Gasteiger partial charge < -0.3 is 20.1 Å². The van der Waals surface area contributed by atoms with Gasteiger partial charge >= 0.3 is 5.97 Å². The lowest BCUT2D eigenvalue weighted by Gasteiger charge is -2.19. The van der Waals surface area contributed by atoms with Crippen LogP contribution in [0.2, 0.25) is 0 Å². The van der Waals surface area contributed by atoms with E-state index in [1.54, 1.807) is 20.8 Å². The van der Waals surface area contributed by atoms with Gasteiger partial charge in [0, 0.05) is 43.0 Å². The Labute approximate surface area is 238 Å². The first-order valence-corrected chi connectivity index (χ1v) is 15.4. The number of thiazole rings is 1. The fourth-order valence-corrected chi connectivity index (χ4v) is 4.82. The summed E-state index contributed by atoms with van der Waals surface area (Å²) < 4.78 is 35.3. The zero-order valence-corrected chi connectivity index (χ0v) is 24.5. The van der Waals surface area contributed by atoms with E-state index in [2.05, 4.69) is 15.6 Å².